The van der Waals surface area contributed by atoms with Gasteiger partial charge in [-0.3, -0.25) is 14.0 Å². The van der Waals surface area contributed by atoms with Gasteiger partial charge < -0.3 is 15.7 Å². The predicted molar refractivity (Wildman–Crippen MR) is 152 cm³/mol. The van der Waals surface area contributed by atoms with Crippen molar-refractivity contribution >= 4 is 23.3 Å². The molecule has 2 aromatic heterocycles. The van der Waals surface area contributed by atoms with Crippen molar-refractivity contribution in [2.24, 2.45) is 5.92 Å². The second-order valence-corrected chi connectivity index (χ2v) is 10.1. The van der Waals surface area contributed by atoms with Gasteiger partial charge >= 0.3 is 5.97 Å². The minimum absolute atomic E-state index is 0.0926. The number of hydrogen-bond acceptors (Lipinski definition) is 4. The van der Waals surface area contributed by atoms with Gasteiger partial charge in [0.2, 0.25) is 0 Å². The number of carbonyl (C=O) groups excluding carboxylic acids is 1. The Morgan fingerprint density at radius 2 is 1.77 bits per heavy atom. The van der Waals surface area contributed by atoms with Gasteiger partial charge in [0.25, 0.3) is 5.91 Å². The molecule has 0 saturated heterocycles. The number of hydrogen-bond donors (Lipinski definition) is 3. The summed E-state index contributed by atoms with van der Waals surface area (Å²) in [5, 5.41) is 16.1. The number of terminal acetylenes is 1. The Kier molecular flexibility index (Phi) is 7.93. The van der Waals surface area contributed by atoms with Crippen LogP contribution < -0.4 is 10.6 Å². The van der Waals surface area contributed by atoms with E-state index >= 15 is 0 Å². The number of benzene rings is 2. The molecule has 0 radical (unpaired) electrons. The van der Waals surface area contributed by atoms with Crippen LogP contribution in [-0.4, -0.2) is 32.4 Å². The fraction of sp³-hybridized carbons (Fsp3) is 0.281. The van der Waals surface area contributed by atoms with E-state index in [1.54, 1.807) is 6.07 Å². The second kappa shape index (κ2) is 11.9. The third kappa shape index (κ3) is 5.96. The maximum Gasteiger partial charge on any atom is 0.305 e. The largest absolute Gasteiger partial charge is 0.481 e. The monoisotopic (exact) mass is 520 g/mol. The van der Waals surface area contributed by atoms with Gasteiger partial charge in [0.15, 0.2) is 5.65 Å². The third-order valence-electron chi connectivity index (χ3n) is 7.45. The molecule has 1 amide bonds. The zero-order chi connectivity index (χ0) is 27.2. The molecule has 4 aromatic rings. The lowest BCUT2D eigenvalue weighted by Crippen LogP contribution is -2.42. The standard InChI is InChI=1S/C32H32N4O3/c1-2-22-15-17-25(18-16-22)29-31(33-21-23-10-5-3-6-11-23)36-19-9-14-26(30(36)35-29)32(39)34-27(20-28(37)38)24-12-7-4-8-13-24/h1,3,5-6,9-11,14-19,24,27,33H,4,7-8,12-13,20-21H2,(H,34,39)(H,37,38). The molecule has 1 saturated carbocycles. The Morgan fingerprint density at radius 3 is 2.46 bits per heavy atom. The van der Waals surface area contributed by atoms with Crippen LogP contribution in [-0.2, 0) is 11.3 Å². The number of nitrogens with one attached hydrogen (secondary N) is 2. The zero-order valence-corrected chi connectivity index (χ0v) is 21.8. The van der Waals surface area contributed by atoms with Crippen molar-refractivity contribution in [1.82, 2.24) is 14.7 Å². The molecule has 1 aliphatic rings. The number of nitrogens with zero attached hydrogens (tertiary/aromatic N) is 2. The number of carboxylic acid groups (broad SMARTS) is 1. The first-order valence-electron chi connectivity index (χ1n) is 13.4. The molecule has 1 atom stereocenters. The number of aliphatic carboxylic acids is 1. The lowest BCUT2D eigenvalue weighted by atomic mass is 9.82. The molecule has 0 spiro atoms. The molecule has 1 unspecified atom stereocenters. The molecule has 3 N–H and O–H groups in total. The van der Waals surface area contributed by atoms with E-state index in [1.165, 1.54) is 0 Å². The number of carbonyl (C=O) groups is 2. The first kappa shape index (κ1) is 26.1. The van der Waals surface area contributed by atoms with E-state index in [1.807, 2.05) is 71.3 Å². The summed E-state index contributed by atoms with van der Waals surface area (Å²) in [5.74, 6) is 2.33. The molecular weight excluding hydrogens is 488 g/mol. The van der Waals surface area contributed by atoms with Crippen molar-refractivity contribution in [1.29, 1.82) is 0 Å². The van der Waals surface area contributed by atoms with Gasteiger partial charge in [0.05, 0.1) is 12.0 Å². The number of pyridine rings is 1. The Balaban J connectivity index is 1.52. The van der Waals surface area contributed by atoms with E-state index < -0.39 is 12.0 Å². The van der Waals surface area contributed by atoms with Crippen LogP contribution in [0.1, 0.15) is 60.0 Å². The maximum atomic E-state index is 13.6. The van der Waals surface area contributed by atoms with E-state index in [0.29, 0.717) is 23.4 Å². The molecule has 5 rings (SSSR count). The number of anilines is 1. The third-order valence-corrected chi connectivity index (χ3v) is 7.45. The molecule has 0 bridgehead atoms. The minimum atomic E-state index is -0.907. The van der Waals surface area contributed by atoms with E-state index in [4.69, 9.17) is 11.4 Å². The molecule has 1 aliphatic carbocycles. The van der Waals surface area contributed by atoms with Crippen LogP contribution in [0.5, 0.6) is 0 Å². The van der Waals surface area contributed by atoms with E-state index in [9.17, 15) is 14.7 Å². The highest BCUT2D eigenvalue weighted by Gasteiger charge is 2.28. The van der Waals surface area contributed by atoms with Gasteiger partial charge in [0.1, 0.15) is 11.5 Å². The highest BCUT2D eigenvalue weighted by atomic mass is 16.4. The van der Waals surface area contributed by atoms with Crippen molar-refractivity contribution in [2.45, 2.75) is 51.1 Å². The lowest BCUT2D eigenvalue weighted by Gasteiger charge is -2.30. The smallest absolute Gasteiger partial charge is 0.305 e. The molecule has 198 valence electrons. The average Bonchev–Trinajstić information content (AvgIpc) is 3.35. The molecule has 7 heteroatoms. The maximum absolute atomic E-state index is 13.6. The summed E-state index contributed by atoms with van der Waals surface area (Å²) in [6, 6.07) is 20.8. The quantitative estimate of drug-likeness (QED) is 0.244. The van der Waals surface area contributed by atoms with E-state index in [2.05, 4.69) is 16.6 Å². The summed E-state index contributed by atoms with van der Waals surface area (Å²) in [5.41, 5.74) is 4.35. The van der Waals surface area contributed by atoms with Gasteiger partial charge in [-0.2, -0.15) is 0 Å². The number of fused-ring (bicyclic) bond motifs is 1. The molecule has 7 nitrogen and oxygen atoms in total. The Labute approximate surface area is 228 Å². The summed E-state index contributed by atoms with van der Waals surface area (Å²) in [6.45, 7) is 0.572. The zero-order valence-electron chi connectivity index (χ0n) is 21.8. The molecular formula is C32H32N4O3. The summed E-state index contributed by atoms with van der Waals surface area (Å²) < 4.78 is 1.88. The van der Waals surface area contributed by atoms with Crippen LogP contribution in [0.4, 0.5) is 5.82 Å². The predicted octanol–water partition coefficient (Wildman–Crippen LogP) is 5.75. The second-order valence-electron chi connectivity index (χ2n) is 10.1. The fourth-order valence-corrected chi connectivity index (χ4v) is 5.43. The summed E-state index contributed by atoms with van der Waals surface area (Å²) in [6.07, 6.45) is 12.5. The highest BCUT2D eigenvalue weighted by molar-refractivity contribution is 6.01. The van der Waals surface area contributed by atoms with Gasteiger partial charge in [0, 0.05) is 29.9 Å². The summed E-state index contributed by atoms with van der Waals surface area (Å²) in [4.78, 5) is 30.2. The topological polar surface area (TPSA) is 95.7 Å². The highest BCUT2D eigenvalue weighted by Crippen LogP contribution is 2.32. The van der Waals surface area contributed by atoms with Gasteiger partial charge in [-0.15, -0.1) is 6.42 Å². The van der Waals surface area contributed by atoms with Gasteiger partial charge in [-0.05, 0) is 48.6 Å². The first-order valence-corrected chi connectivity index (χ1v) is 13.4. The average molecular weight is 521 g/mol. The minimum Gasteiger partial charge on any atom is -0.481 e. The summed E-state index contributed by atoms with van der Waals surface area (Å²) in [7, 11) is 0. The van der Waals surface area contributed by atoms with Gasteiger partial charge in [-0.1, -0.05) is 67.6 Å². The van der Waals surface area contributed by atoms with Crippen LogP contribution in [0.15, 0.2) is 72.9 Å². The number of rotatable bonds is 9. The van der Waals surface area contributed by atoms with Crippen LogP contribution in [0.3, 0.4) is 0 Å². The molecule has 39 heavy (non-hydrogen) atoms. The van der Waals surface area contributed by atoms with Crippen molar-refractivity contribution in [2.75, 3.05) is 5.32 Å². The molecule has 2 aromatic carbocycles. The molecule has 0 aliphatic heterocycles. The number of aromatic nitrogens is 2. The molecule has 2 heterocycles. The van der Waals surface area contributed by atoms with Crippen LogP contribution in [0, 0.1) is 18.3 Å². The van der Waals surface area contributed by atoms with Crippen LogP contribution in [0.2, 0.25) is 0 Å². The van der Waals surface area contributed by atoms with Crippen molar-refractivity contribution in [3.05, 3.63) is 89.6 Å². The lowest BCUT2D eigenvalue weighted by molar-refractivity contribution is -0.137. The van der Waals surface area contributed by atoms with Gasteiger partial charge in [-0.25, -0.2) is 4.98 Å². The summed E-state index contributed by atoms with van der Waals surface area (Å²) >= 11 is 0. The van der Waals surface area contributed by atoms with E-state index in [0.717, 1.165) is 54.6 Å². The number of amides is 1. The number of imidazole rings is 1. The van der Waals surface area contributed by atoms with Crippen molar-refractivity contribution in [3.63, 3.8) is 0 Å². The fourth-order valence-electron chi connectivity index (χ4n) is 5.43. The normalized spacial score (nSPS) is 14.4. The van der Waals surface area contributed by atoms with E-state index in [-0.39, 0.29) is 18.2 Å². The number of carboxylic acids is 1. The first-order chi connectivity index (χ1) is 19.0. The van der Waals surface area contributed by atoms with Crippen LogP contribution >= 0.6 is 0 Å². The van der Waals surface area contributed by atoms with Crippen LogP contribution in [0.25, 0.3) is 16.9 Å². The molecule has 1 fully saturated rings. The Bertz CT molecular complexity index is 1500. The van der Waals surface area contributed by atoms with Crippen molar-refractivity contribution in [3.8, 4) is 23.6 Å². The van der Waals surface area contributed by atoms with Crippen molar-refractivity contribution < 1.29 is 14.7 Å². The SMILES string of the molecule is C#Cc1ccc(-c2nc3c(C(=O)NC(CC(=O)O)C4CCCCC4)cccn3c2NCc2ccccc2)cc1. The Hall–Kier alpha value is -4.57. The Morgan fingerprint density at radius 1 is 1.03 bits per heavy atom.